The van der Waals surface area contributed by atoms with Crippen LogP contribution >= 0.6 is 11.6 Å². The van der Waals surface area contributed by atoms with Crippen LogP contribution in [0.25, 0.3) is 0 Å². The number of benzene rings is 1. The number of amides is 1. The summed E-state index contributed by atoms with van der Waals surface area (Å²) in [6.45, 7) is 1.22. The average Bonchev–Trinajstić information content (AvgIpc) is 3.13. The molecule has 0 radical (unpaired) electrons. The molecule has 0 fully saturated rings. The third-order valence-corrected chi connectivity index (χ3v) is 5.44. The molecule has 1 heterocycles. The Morgan fingerprint density at radius 2 is 1.92 bits per heavy atom. The van der Waals surface area contributed by atoms with Gasteiger partial charge in [0.1, 0.15) is 5.76 Å². The van der Waals surface area contributed by atoms with Crippen molar-refractivity contribution in [3.63, 3.8) is 0 Å². The zero-order chi connectivity index (χ0) is 19.2. The van der Waals surface area contributed by atoms with Gasteiger partial charge in [0.05, 0.1) is 29.4 Å². The molecule has 0 saturated carbocycles. The van der Waals surface area contributed by atoms with Crippen LogP contribution < -0.4 is 5.32 Å². The number of carbonyl (C=O) groups is 2. The van der Waals surface area contributed by atoms with Crippen LogP contribution in [0.4, 0.5) is 0 Å². The first kappa shape index (κ1) is 20.0. The maximum absolute atomic E-state index is 12.1. The van der Waals surface area contributed by atoms with Crippen LogP contribution in [0, 0.1) is 0 Å². The van der Waals surface area contributed by atoms with Crippen LogP contribution in [0.15, 0.2) is 52.0 Å². The molecule has 0 aliphatic rings. The molecule has 2 aromatic rings. The second kappa shape index (κ2) is 8.86. The summed E-state index contributed by atoms with van der Waals surface area (Å²) in [5.74, 6) is -1.14. The molecular formula is C17H18ClNO6S. The predicted octanol–water partition coefficient (Wildman–Crippen LogP) is 2.52. The summed E-state index contributed by atoms with van der Waals surface area (Å²) in [5.41, 5.74) is 0. The normalized spacial score (nSPS) is 12.4. The average molecular weight is 400 g/mol. The van der Waals surface area contributed by atoms with Crippen LogP contribution in [0.1, 0.15) is 25.1 Å². The minimum Gasteiger partial charge on any atom is -0.467 e. The molecule has 0 aliphatic heterocycles. The highest BCUT2D eigenvalue weighted by atomic mass is 35.5. The van der Waals surface area contributed by atoms with Crippen molar-refractivity contribution in [2.45, 2.75) is 24.3 Å². The summed E-state index contributed by atoms with van der Waals surface area (Å²) in [5, 5.41) is 3.02. The zero-order valence-corrected chi connectivity index (χ0v) is 15.5. The number of nitrogens with one attached hydrogen (secondary N) is 1. The quantitative estimate of drug-likeness (QED) is 0.684. The molecular weight excluding hydrogens is 382 g/mol. The van der Waals surface area contributed by atoms with E-state index in [0.717, 1.165) is 0 Å². The minimum absolute atomic E-state index is 0.0692. The Bertz CT molecular complexity index is 846. The Balaban J connectivity index is 1.76. The van der Waals surface area contributed by atoms with Crippen molar-refractivity contribution in [3.05, 3.63) is 53.4 Å². The van der Waals surface area contributed by atoms with Crippen molar-refractivity contribution in [1.29, 1.82) is 0 Å². The van der Waals surface area contributed by atoms with Gasteiger partial charge in [-0.25, -0.2) is 8.42 Å². The van der Waals surface area contributed by atoms with E-state index in [1.165, 1.54) is 30.5 Å². The van der Waals surface area contributed by atoms with Crippen LogP contribution in [0.3, 0.4) is 0 Å². The van der Waals surface area contributed by atoms with Crippen molar-refractivity contribution in [2.24, 2.45) is 0 Å². The fourth-order valence-electron chi connectivity index (χ4n) is 2.09. The fourth-order valence-corrected chi connectivity index (χ4v) is 3.44. The number of esters is 1. The van der Waals surface area contributed by atoms with Gasteiger partial charge >= 0.3 is 5.97 Å². The van der Waals surface area contributed by atoms with Crippen molar-refractivity contribution >= 4 is 33.3 Å². The van der Waals surface area contributed by atoms with E-state index in [-0.39, 0.29) is 17.4 Å². The largest absolute Gasteiger partial charge is 0.467 e. The van der Waals surface area contributed by atoms with Crippen LogP contribution in [-0.2, 0) is 24.2 Å². The van der Waals surface area contributed by atoms with E-state index in [0.29, 0.717) is 10.8 Å². The molecule has 140 valence electrons. The highest BCUT2D eigenvalue weighted by Crippen LogP contribution is 2.16. The Hall–Kier alpha value is -2.32. The number of hydrogen-bond donors (Lipinski definition) is 1. The Morgan fingerprint density at radius 1 is 1.23 bits per heavy atom. The zero-order valence-electron chi connectivity index (χ0n) is 14.0. The van der Waals surface area contributed by atoms with E-state index in [1.807, 2.05) is 0 Å². The fraction of sp³-hybridized carbons (Fsp3) is 0.294. The first-order chi connectivity index (χ1) is 12.3. The summed E-state index contributed by atoms with van der Waals surface area (Å²) < 4.78 is 34.2. The SMILES string of the molecule is C[C@H](NC(=O)COC(=O)CCS(=O)(=O)c1ccc(Cl)cc1)c1ccco1. The van der Waals surface area contributed by atoms with Gasteiger partial charge in [-0.15, -0.1) is 0 Å². The number of halogens is 1. The lowest BCUT2D eigenvalue weighted by atomic mass is 10.2. The third-order valence-electron chi connectivity index (χ3n) is 3.46. The lowest BCUT2D eigenvalue weighted by Gasteiger charge is -2.11. The number of furan rings is 1. The molecule has 2 rings (SSSR count). The van der Waals surface area contributed by atoms with Crippen LogP contribution in [0.5, 0.6) is 0 Å². The molecule has 0 saturated heterocycles. The van der Waals surface area contributed by atoms with E-state index >= 15 is 0 Å². The van der Waals surface area contributed by atoms with Gasteiger partial charge < -0.3 is 14.5 Å². The van der Waals surface area contributed by atoms with Crippen molar-refractivity contribution in [2.75, 3.05) is 12.4 Å². The first-order valence-electron chi connectivity index (χ1n) is 7.74. The number of ether oxygens (including phenoxy) is 1. The summed E-state index contributed by atoms with van der Waals surface area (Å²) in [7, 11) is -3.63. The van der Waals surface area contributed by atoms with E-state index in [4.69, 9.17) is 20.8 Å². The van der Waals surface area contributed by atoms with Gasteiger partial charge in [0.2, 0.25) is 0 Å². The van der Waals surface area contributed by atoms with E-state index in [1.54, 1.807) is 19.1 Å². The molecule has 9 heteroatoms. The first-order valence-corrected chi connectivity index (χ1v) is 9.77. The molecule has 26 heavy (non-hydrogen) atoms. The number of sulfone groups is 1. The lowest BCUT2D eigenvalue weighted by molar-refractivity contribution is -0.148. The maximum Gasteiger partial charge on any atom is 0.307 e. The molecule has 0 unspecified atom stereocenters. The van der Waals surface area contributed by atoms with Crippen molar-refractivity contribution in [1.82, 2.24) is 5.32 Å². The maximum atomic E-state index is 12.1. The Kier molecular flexibility index (Phi) is 6.82. The van der Waals surface area contributed by atoms with Gasteiger partial charge in [-0.1, -0.05) is 11.6 Å². The van der Waals surface area contributed by atoms with Crippen LogP contribution in [-0.4, -0.2) is 32.7 Å². The highest BCUT2D eigenvalue weighted by molar-refractivity contribution is 7.91. The van der Waals surface area contributed by atoms with Gasteiger partial charge in [-0.2, -0.15) is 0 Å². The molecule has 1 aromatic carbocycles. The molecule has 0 spiro atoms. The minimum atomic E-state index is -3.63. The monoisotopic (exact) mass is 399 g/mol. The highest BCUT2D eigenvalue weighted by Gasteiger charge is 2.18. The van der Waals surface area contributed by atoms with E-state index in [9.17, 15) is 18.0 Å². The molecule has 7 nitrogen and oxygen atoms in total. The number of rotatable bonds is 8. The van der Waals surface area contributed by atoms with Crippen LogP contribution in [0.2, 0.25) is 5.02 Å². The van der Waals surface area contributed by atoms with Crippen molar-refractivity contribution in [3.8, 4) is 0 Å². The molecule has 1 N–H and O–H groups in total. The summed E-state index contributed by atoms with van der Waals surface area (Å²) >= 11 is 5.72. The molecule has 1 atom stereocenters. The van der Waals surface area contributed by atoms with Gasteiger partial charge in [0, 0.05) is 5.02 Å². The molecule has 1 amide bonds. The van der Waals surface area contributed by atoms with Gasteiger partial charge in [-0.3, -0.25) is 9.59 Å². The smallest absolute Gasteiger partial charge is 0.307 e. The summed E-state index contributed by atoms with van der Waals surface area (Å²) in [6.07, 6.45) is 1.13. The summed E-state index contributed by atoms with van der Waals surface area (Å²) in [4.78, 5) is 23.5. The second-order valence-corrected chi connectivity index (χ2v) is 8.03. The second-order valence-electron chi connectivity index (χ2n) is 5.49. The van der Waals surface area contributed by atoms with E-state index in [2.05, 4.69) is 5.32 Å². The predicted molar refractivity (Wildman–Crippen MR) is 94.3 cm³/mol. The number of carbonyl (C=O) groups excluding carboxylic acids is 2. The Labute approximate surface area is 156 Å². The third kappa shape index (κ3) is 5.89. The van der Waals surface area contributed by atoms with Gasteiger partial charge in [0.15, 0.2) is 16.4 Å². The van der Waals surface area contributed by atoms with E-state index < -0.39 is 34.1 Å². The standard InChI is InChI=1S/C17H18ClNO6S/c1-12(15-3-2-9-24-15)19-16(20)11-25-17(21)8-10-26(22,23)14-6-4-13(18)5-7-14/h2-7,9,12H,8,10-11H2,1H3,(H,19,20)/t12-/m0/s1. The molecule has 0 aliphatic carbocycles. The topological polar surface area (TPSA) is 103 Å². The molecule has 0 bridgehead atoms. The van der Waals surface area contributed by atoms with Crippen molar-refractivity contribution < 1.29 is 27.2 Å². The van der Waals surface area contributed by atoms with Gasteiger partial charge in [-0.05, 0) is 43.3 Å². The number of hydrogen-bond acceptors (Lipinski definition) is 6. The summed E-state index contributed by atoms with van der Waals surface area (Å²) in [6, 6.07) is 8.67. The lowest BCUT2D eigenvalue weighted by Crippen LogP contribution is -2.31. The Morgan fingerprint density at radius 3 is 2.54 bits per heavy atom. The molecule has 1 aromatic heterocycles. The van der Waals surface area contributed by atoms with Gasteiger partial charge in [0.25, 0.3) is 5.91 Å².